The second kappa shape index (κ2) is 13.2. The number of hydrogen-bond donors (Lipinski definition) is 4. The molecule has 10 heteroatoms. The minimum Gasteiger partial charge on any atom is -0.497 e. The Morgan fingerprint density at radius 3 is 1.39 bits per heavy atom. The van der Waals surface area contributed by atoms with Crippen molar-refractivity contribution in [3.05, 3.63) is 83.9 Å². The van der Waals surface area contributed by atoms with Crippen LogP contribution in [-0.4, -0.2) is 35.9 Å². The van der Waals surface area contributed by atoms with Crippen molar-refractivity contribution >= 4 is 57.5 Å². The molecule has 0 atom stereocenters. The largest absolute Gasteiger partial charge is 0.497 e. The fourth-order valence-electron chi connectivity index (χ4n) is 3.03. The average molecular weight is 521 g/mol. The highest BCUT2D eigenvalue weighted by molar-refractivity contribution is 7.80. The van der Waals surface area contributed by atoms with Crippen LogP contribution >= 0.6 is 24.4 Å². The number of rotatable bonds is 8. The maximum Gasteiger partial charge on any atom is 0.191 e. The third kappa shape index (κ3) is 8.03. The predicted molar refractivity (Wildman–Crippen MR) is 156 cm³/mol. The Hall–Kier alpha value is -4.02. The molecule has 0 unspecified atom stereocenters. The molecule has 0 aromatic heterocycles. The minimum absolute atomic E-state index is 0.385. The quantitative estimate of drug-likeness (QED) is 0.185. The summed E-state index contributed by atoms with van der Waals surface area (Å²) in [5.74, 6) is 1.55. The molecular formula is C26H28N6O2S2. The van der Waals surface area contributed by atoms with Crippen LogP contribution in [0.1, 0.15) is 25.0 Å². The van der Waals surface area contributed by atoms with E-state index in [-0.39, 0.29) is 0 Å². The Morgan fingerprint density at radius 1 is 0.639 bits per heavy atom. The normalized spacial score (nSPS) is 11.3. The number of thiocarbonyl (C=S) groups is 2. The van der Waals surface area contributed by atoms with E-state index < -0.39 is 0 Å². The first-order chi connectivity index (χ1) is 17.4. The van der Waals surface area contributed by atoms with Crippen molar-refractivity contribution in [2.45, 2.75) is 13.8 Å². The summed E-state index contributed by atoms with van der Waals surface area (Å²) in [7, 11) is 3.25. The molecule has 0 aliphatic rings. The Kier molecular flexibility index (Phi) is 9.73. The van der Waals surface area contributed by atoms with Crippen molar-refractivity contribution in [1.29, 1.82) is 0 Å². The molecule has 0 bridgehead atoms. The highest BCUT2D eigenvalue weighted by Crippen LogP contribution is 2.16. The van der Waals surface area contributed by atoms with E-state index in [0.29, 0.717) is 10.2 Å². The lowest BCUT2D eigenvalue weighted by Crippen LogP contribution is -2.25. The number of methoxy groups -OCH3 is 2. The molecule has 3 rings (SSSR count). The molecule has 36 heavy (non-hydrogen) atoms. The van der Waals surface area contributed by atoms with Crippen LogP contribution < -0.4 is 31.0 Å². The molecule has 0 aliphatic heterocycles. The molecule has 0 fully saturated rings. The Labute approximate surface area is 221 Å². The fourth-order valence-corrected chi connectivity index (χ4v) is 3.36. The number of benzene rings is 3. The van der Waals surface area contributed by atoms with E-state index in [2.05, 4.69) is 31.7 Å². The second-order valence-corrected chi connectivity index (χ2v) is 8.38. The van der Waals surface area contributed by atoms with Gasteiger partial charge < -0.3 is 20.1 Å². The topological polar surface area (TPSA) is 91.3 Å². The van der Waals surface area contributed by atoms with Crippen LogP contribution in [0.15, 0.2) is 83.0 Å². The van der Waals surface area contributed by atoms with Gasteiger partial charge in [0.2, 0.25) is 0 Å². The maximum atomic E-state index is 5.34. The first-order valence-electron chi connectivity index (χ1n) is 11.0. The molecule has 0 aliphatic carbocycles. The van der Waals surface area contributed by atoms with Gasteiger partial charge in [-0.1, -0.05) is 18.2 Å². The van der Waals surface area contributed by atoms with Crippen LogP contribution in [-0.2, 0) is 0 Å². The number of nitrogens with one attached hydrogen (secondary N) is 4. The van der Waals surface area contributed by atoms with E-state index in [1.165, 1.54) is 0 Å². The SMILES string of the molecule is COc1ccc(NC(=S)N/N=C(\C)c2cccc(/C(C)=N/NC(=S)Nc3ccc(OC)cc3)c2)cc1. The number of nitrogens with zero attached hydrogens (tertiary/aromatic N) is 2. The van der Waals surface area contributed by atoms with Crippen LogP contribution in [0.25, 0.3) is 0 Å². The summed E-state index contributed by atoms with van der Waals surface area (Å²) in [6.07, 6.45) is 0. The van der Waals surface area contributed by atoms with Crippen LogP contribution in [0.3, 0.4) is 0 Å². The van der Waals surface area contributed by atoms with Crippen molar-refractivity contribution < 1.29 is 9.47 Å². The molecular weight excluding hydrogens is 492 g/mol. The number of anilines is 2. The zero-order valence-corrected chi connectivity index (χ0v) is 22.1. The standard InChI is InChI=1S/C26H28N6O2S2/c1-17(29-31-25(35)27-21-8-12-23(33-3)13-9-21)19-6-5-7-20(16-19)18(2)30-32-26(36)28-22-10-14-24(34-4)15-11-22/h5-16H,1-4H3,(H2,27,31,35)(H2,28,32,36)/b29-17+,30-18+. The molecule has 186 valence electrons. The third-order valence-electron chi connectivity index (χ3n) is 5.04. The Bertz CT molecular complexity index is 1160. The van der Waals surface area contributed by atoms with Gasteiger partial charge in [-0.3, -0.25) is 10.9 Å². The van der Waals surface area contributed by atoms with Crippen LogP contribution in [0.2, 0.25) is 0 Å². The summed E-state index contributed by atoms with van der Waals surface area (Å²) in [5, 5.41) is 15.7. The molecule has 8 nitrogen and oxygen atoms in total. The first kappa shape index (κ1) is 26.6. The van der Waals surface area contributed by atoms with E-state index in [0.717, 1.165) is 45.4 Å². The molecule has 4 N–H and O–H groups in total. The number of hydrazone groups is 2. The summed E-state index contributed by atoms with van der Waals surface area (Å²) < 4.78 is 10.3. The molecule has 0 saturated heterocycles. The van der Waals surface area contributed by atoms with E-state index in [1.54, 1.807) is 14.2 Å². The van der Waals surface area contributed by atoms with Crippen molar-refractivity contribution in [3.63, 3.8) is 0 Å². The van der Waals surface area contributed by atoms with Gasteiger partial charge in [0.15, 0.2) is 10.2 Å². The molecule has 0 spiro atoms. The van der Waals surface area contributed by atoms with E-state index >= 15 is 0 Å². The number of ether oxygens (including phenoxy) is 2. The highest BCUT2D eigenvalue weighted by atomic mass is 32.1. The zero-order valence-electron chi connectivity index (χ0n) is 20.5. The van der Waals surface area contributed by atoms with Gasteiger partial charge in [-0.05, 0) is 104 Å². The van der Waals surface area contributed by atoms with Crippen LogP contribution in [0.5, 0.6) is 11.5 Å². The van der Waals surface area contributed by atoms with Crippen molar-refractivity contribution in [2.24, 2.45) is 10.2 Å². The van der Waals surface area contributed by atoms with Gasteiger partial charge in [0.05, 0.1) is 25.6 Å². The predicted octanol–water partition coefficient (Wildman–Crippen LogP) is 5.13. The summed E-state index contributed by atoms with van der Waals surface area (Å²) in [5.41, 5.74) is 10.8. The lowest BCUT2D eigenvalue weighted by atomic mass is 10.1. The molecule has 0 saturated carbocycles. The van der Waals surface area contributed by atoms with E-state index in [9.17, 15) is 0 Å². The van der Waals surface area contributed by atoms with Gasteiger partial charge in [-0.25, -0.2) is 0 Å². The minimum atomic E-state index is 0.385. The van der Waals surface area contributed by atoms with Gasteiger partial charge in [-0.2, -0.15) is 10.2 Å². The van der Waals surface area contributed by atoms with Gasteiger partial charge in [-0.15, -0.1) is 0 Å². The lowest BCUT2D eigenvalue weighted by molar-refractivity contribution is 0.415. The molecule has 0 amide bonds. The number of hydrogen-bond acceptors (Lipinski definition) is 6. The summed E-state index contributed by atoms with van der Waals surface area (Å²) >= 11 is 10.7. The summed E-state index contributed by atoms with van der Waals surface area (Å²) in [4.78, 5) is 0. The van der Waals surface area contributed by atoms with E-state index in [1.807, 2.05) is 86.6 Å². The average Bonchev–Trinajstić information content (AvgIpc) is 2.91. The fraction of sp³-hybridized carbons (Fsp3) is 0.154. The molecule has 3 aromatic carbocycles. The van der Waals surface area contributed by atoms with E-state index in [4.69, 9.17) is 33.9 Å². The first-order valence-corrected chi connectivity index (χ1v) is 11.8. The van der Waals surface area contributed by atoms with Gasteiger partial charge >= 0.3 is 0 Å². The van der Waals surface area contributed by atoms with Crippen molar-refractivity contribution in [2.75, 3.05) is 24.9 Å². The molecule has 0 radical (unpaired) electrons. The zero-order chi connectivity index (χ0) is 25.9. The molecule has 3 aromatic rings. The highest BCUT2D eigenvalue weighted by Gasteiger charge is 2.05. The van der Waals surface area contributed by atoms with Crippen molar-refractivity contribution in [1.82, 2.24) is 10.9 Å². The Balaban J connectivity index is 1.57. The third-order valence-corrected chi connectivity index (χ3v) is 5.43. The van der Waals surface area contributed by atoms with Gasteiger partial charge in [0.25, 0.3) is 0 Å². The molecule has 0 heterocycles. The second-order valence-electron chi connectivity index (χ2n) is 7.56. The van der Waals surface area contributed by atoms with Gasteiger partial charge in [0.1, 0.15) is 11.5 Å². The van der Waals surface area contributed by atoms with Crippen molar-refractivity contribution in [3.8, 4) is 11.5 Å². The van der Waals surface area contributed by atoms with Crippen LogP contribution in [0, 0.1) is 0 Å². The maximum absolute atomic E-state index is 5.34. The summed E-state index contributed by atoms with van der Waals surface area (Å²) in [6.45, 7) is 3.81. The smallest absolute Gasteiger partial charge is 0.191 e. The lowest BCUT2D eigenvalue weighted by Gasteiger charge is -2.10. The van der Waals surface area contributed by atoms with Gasteiger partial charge in [0, 0.05) is 11.4 Å². The van der Waals surface area contributed by atoms with Crippen LogP contribution in [0.4, 0.5) is 11.4 Å². The summed E-state index contributed by atoms with van der Waals surface area (Å²) in [6, 6.07) is 22.8. The Morgan fingerprint density at radius 2 is 1.03 bits per heavy atom. The monoisotopic (exact) mass is 520 g/mol.